The van der Waals surface area contributed by atoms with E-state index in [9.17, 15) is 0 Å². The van der Waals surface area contributed by atoms with Crippen molar-refractivity contribution in [3.05, 3.63) is 0 Å². The van der Waals surface area contributed by atoms with Crippen LogP contribution in [0, 0.1) is 5.92 Å². The molecule has 1 unspecified atom stereocenters. The maximum Gasteiger partial charge on any atom is 0.00965 e. The van der Waals surface area contributed by atoms with Crippen LogP contribution in [0.25, 0.3) is 0 Å². The van der Waals surface area contributed by atoms with Gasteiger partial charge in [-0.1, -0.05) is 20.8 Å². The van der Waals surface area contributed by atoms with E-state index < -0.39 is 0 Å². The van der Waals surface area contributed by atoms with Gasteiger partial charge in [-0.05, 0) is 51.2 Å². The summed E-state index contributed by atoms with van der Waals surface area (Å²) in [4.78, 5) is 2.69. The second kappa shape index (κ2) is 7.24. The van der Waals surface area contributed by atoms with Crippen molar-refractivity contribution in [1.29, 1.82) is 0 Å². The third kappa shape index (κ3) is 5.53. The van der Waals surface area contributed by atoms with Gasteiger partial charge in [-0.3, -0.25) is 0 Å². The molecule has 1 aliphatic rings. The quantitative estimate of drug-likeness (QED) is 0.591. The molecule has 0 aromatic heterocycles. The molecule has 1 saturated carbocycles. The summed E-state index contributed by atoms with van der Waals surface area (Å²) in [5.74, 6) is 0.795. The number of nitrogens with zero attached hydrogens (tertiary/aromatic N) is 1. The van der Waals surface area contributed by atoms with Crippen LogP contribution in [-0.4, -0.2) is 37.1 Å². The first-order valence-corrected chi connectivity index (χ1v) is 6.72. The first-order valence-electron chi connectivity index (χ1n) is 6.72. The summed E-state index contributed by atoms with van der Waals surface area (Å²) < 4.78 is 0. The SMILES string of the molecule is CCCNCC(C)CN(CCC)C1CC1. The highest BCUT2D eigenvalue weighted by atomic mass is 15.2. The van der Waals surface area contributed by atoms with Crippen molar-refractivity contribution in [1.82, 2.24) is 10.2 Å². The monoisotopic (exact) mass is 212 g/mol. The summed E-state index contributed by atoms with van der Waals surface area (Å²) in [6.07, 6.45) is 5.42. The molecule has 1 rings (SSSR count). The smallest absolute Gasteiger partial charge is 0.00965 e. The Labute approximate surface area is 95.4 Å². The fraction of sp³-hybridized carbons (Fsp3) is 1.00. The maximum atomic E-state index is 3.51. The summed E-state index contributed by atoms with van der Waals surface area (Å²) in [5, 5.41) is 3.51. The topological polar surface area (TPSA) is 15.3 Å². The fourth-order valence-electron chi connectivity index (χ4n) is 2.14. The zero-order chi connectivity index (χ0) is 11.1. The molecule has 90 valence electrons. The molecule has 2 nitrogen and oxygen atoms in total. The molecule has 1 N–H and O–H groups in total. The lowest BCUT2D eigenvalue weighted by molar-refractivity contribution is 0.225. The highest BCUT2D eigenvalue weighted by Gasteiger charge is 2.28. The van der Waals surface area contributed by atoms with Gasteiger partial charge in [-0.25, -0.2) is 0 Å². The lowest BCUT2D eigenvalue weighted by Gasteiger charge is -2.25. The minimum atomic E-state index is 0.795. The second-order valence-electron chi connectivity index (χ2n) is 5.04. The molecule has 0 bridgehead atoms. The van der Waals surface area contributed by atoms with Gasteiger partial charge in [0.2, 0.25) is 0 Å². The predicted molar refractivity (Wildman–Crippen MR) is 67.2 cm³/mol. The third-order valence-electron chi connectivity index (χ3n) is 3.04. The number of rotatable bonds is 9. The van der Waals surface area contributed by atoms with Crippen molar-refractivity contribution >= 4 is 0 Å². The second-order valence-corrected chi connectivity index (χ2v) is 5.04. The molecule has 0 aliphatic heterocycles. The van der Waals surface area contributed by atoms with Crippen LogP contribution in [0.3, 0.4) is 0 Å². The molecule has 0 aromatic rings. The van der Waals surface area contributed by atoms with Crippen LogP contribution in [-0.2, 0) is 0 Å². The van der Waals surface area contributed by atoms with Crippen molar-refractivity contribution < 1.29 is 0 Å². The Morgan fingerprint density at radius 1 is 1.27 bits per heavy atom. The third-order valence-corrected chi connectivity index (χ3v) is 3.04. The Balaban J connectivity index is 2.12. The Bertz CT molecular complexity index is 155. The Hall–Kier alpha value is -0.0800. The molecule has 1 atom stereocenters. The number of nitrogens with one attached hydrogen (secondary N) is 1. The van der Waals surface area contributed by atoms with Crippen LogP contribution in [0.5, 0.6) is 0 Å². The molecule has 15 heavy (non-hydrogen) atoms. The largest absolute Gasteiger partial charge is 0.316 e. The minimum absolute atomic E-state index is 0.795. The van der Waals surface area contributed by atoms with Crippen LogP contribution in [0.15, 0.2) is 0 Å². The van der Waals surface area contributed by atoms with Crippen molar-refractivity contribution in [3.63, 3.8) is 0 Å². The predicted octanol–water partition coefficient (Wildman–Crippen LogP) is 2.50. The Morgan fingerprint density at radius 3 is 2.53 bits per heavy atom. The van der Waals surface area contributed by atoms with Crippen LogP contribution < -0.4 is 5.32 Å². The van der Waals surface area contributed by atoms with E-state index in [1.807, 2.05) is 0 Å². The normalized spacial score (nSPS) is 18.4. The first kappa shape index (κ1) is 13.0. The van der Waals surface area contributed by atoms with Crippen LogP contribution in [0.2, 0.25) is 0 Å². The van der Waals surface area contributed by atoms with Crippen molar-refractivity contribution in [2.24, 2.45) is 5.92 Å². The first-order chi connectivity index (χ1) is 7.27. The van der Waals surface area contributed by atoms with Crippen LogP contribution in [0.4, 0.5) is 0 Å². The molecule has 0 radical (unpaired) electrons. The van der Waals surface area contributed by atoms with Gasteiger partial charge in [0.05, 0.1) is 0 Å². The van der Waals surface area contributed by atoms with Gasteiger partial charge in [0.15, 0.2) is 0 Å². The zero-order valence-electron chi connectivity index (χ0n) is 10.8. The van der Waals surface area contributed by atoms with Gasteiger partial charge in [-0.15, -0.1) is 0 Å². The van der Waals surface area contributed by atoms with E-state index in [1.165, 1.54) is 51.9 Å². The highest BCUT2D eigenvalue weighted by Crippen LogP contribution is 2.27. The summed E-state index contributed by atoms with van der Waals surface area (Å²) in [5.41, 5.74) is 0. The van der Waals surface area contributed by atoms with Gasteiger partial charge in [0.1, 0.15) is 0 Å². The lowest BCUT2D eigenvalue weighted by Crippen LogP contribution is -2.35. The molecule has 0 amide bonds. The summed E-state index contributed by atoms with van der Waals surface area (Å²) in [6, 6.07) is 0.929. The summed E-state index contributed by atoms with van der Waals surface area (Å²) in [7, 11) is 0. The molecule has 1 aliphatic carbocycles. The Kier molecular flexibility index (Phi) is 6.26. The van der Waals surface area contributed by atoms with Gasteiger partial charge < -0.3 is 10.2 Å². The van der Waals surface area contributed by atoms with Gasteiger partial charge in [0, 0.05) is 12.6 Å². The molecule has 0 spiro atoms. The van der Waals surface area contributed by atoms with E-state index in [-0.39, 0.29) is 0 Å². The average Bonchev–Trinajstić information content (AvgIpc) is 3.01. The van der Waals surface area contributed by atoms with E-state index in [4.69, 9.17) is 0 Å². The molecular weight excluding hydrogens is 184 g/mol. The van der Waals surface area contributed by atoms with Gasteiger partial charge in [-0.2, -0.15) is 0 Å². The van der Waals surface area contributed by atoms with Crippen molar-refractivity contribution in [2.45, 2.75) is 52.5 Å². The van der Waals surface area contributed by atoms with Crippen molar-refractivity contribution in [3.8, 4) is 0 Å². The Morgan fingerprint density at radius 2 is 2.00 bits per heavy atom. The van der Waals surface area contributed by atoms with E-state index in [2.05, 4.69) is 31.0 Å². The zero-order valence-corrected chi connectivity index (χ0v) is 10.8. The molecule has 1 fully saturated rings. The summed E-state index contributed by atoms with van der Waals surface area (Å²) >= 11 is 0. The van der Waals surface area contributed by atoms with Crippen molar-refractivity contribution in [2.75, 3.05) is 26.2 Å². The van der Waals surface area contributed by atoms with E-state index in [0.717, 1.165) is 12.0 Å². The standard InChI is InChI=1S/C13H28N2/c1-4-8-14-10-12(3)11-15(9-5-2)13-6-7-13/h12-14H,4-11H2,1-3H3. The van der Waals surface area contributed by atoms with Crippen LogP contribution >= 0.6 is 0 Å². The van der Waals surface area contributed by atoms with E-state index in [0.29, 0.717) is 0 Å². The fourth-order valence-corrected chi connectivity index (χ4v) is 2.14. The average molecular weight is 212 g/mol. The highest BCUT2D eigenvalue weighted by molar-refractivity contribution is 4.85. The van der Waals surface area contributed by atoms with Gasteiger partial charge >= 0.3 is 0 Å². The minimum Gasteiger partial charge on any atom is -0.316 e. The molecule has 2 heteroatoms. The maximum absolute atomic E-state index is 3.51. The molecule has 0 saturated heterocycles. The molecule has 0 aromatic carbocycles. The van der Waals surface area contributed by atoms with E-state index in [1.54, 1.807) is 0 Å². The molecular formula is C13H28N2. The summed E-state index contributed by atoms with van der Waals surface area (Å²) in [6.45, 7) is 11.8. The number of hydrogen-bond acceptors (Lipinski definition) is 2. The van der Waals surface area contributed by atoms with E-state index >= 15 is 0 Å². The number of hydrogen-bond donors (Lipinski definition) is 1. The van der Waals surface area contributed by atoms with Gasteiger partial charge in [0.25, 0.3) is 0 Å². The van der Waals surface area contributed by atoms with Crippen LogP contribution in [0.1, 0.15) is 46.5 Å². The molecule has 0 heterocycles. The lowest BCUT2D eigenvalue weighted by atomic mass is 10.1.